The maximum atomic E-state index is 13.2. The Bertz CT molecular complexity index is 1240. The van der Waals surface area contributed by atoms with Crippen LogP contribution in [0.25, 0.3) is 5.57 Å². The number of hydrogen-bond acceptors (Lipinski definition) is 7. The van der Waals surface area contributed by atoms with Crippen LogP contribution in [0.3, 0.4) is 0 Å². The van der Waals surface area contributed by atoms with E-state index in [1.807, 2.05) is 0 Å². The number of rotatable bonds is 6. The second kappa shape index (κ2) is 9.75. The molecule has 2 aromatic carbocycles. The minimum atomic E-state index is -4.12. The summed E-state index contributed by atoms with van der Waals surface area (Å²) in [7, 11) is -4.12. The van der Waals surface area contributed by atoms with E-state index >= 15 is 0 Å². The summed E-state index contributed by atoms with van der Waals surface area (Å²) in [5.41, 5.74) is 0.633. The number of aryl methyl sites for hydroxylation is 1. The summed E-state index contributed by atoms with van der Waals surface area (Å²) in [4.78, 5) is 38.0. The lowest BCUT2D eigenvalue weighted by atomic mass is 9.98. The largest absolute Gasteiger partial charge is 0.327 e. The molecule has 1 N–H and O–H groups in total. The molecular weight excluding hydrogens is 466 g/mol. The van der Waals surface area contributed by atoms with Gasteiger partial charge in [0, 0.05) is 18.2 Å². The molecule has 174 valence electrons. The maximum Gasteiger partial charge on any atom is 0.283 e. The first-order chi connectivity index (χ1) is 15.5. The van der Waals surface area contributed by atoms with Crippen LogP contribution in [0.15, 0.2) is 58.8 Å². The molecule has 0 saturated carbocycles. The third kappa shape index (κ3) is 5.42. The van der Waals surface area contributed by atoms with Crippen molar-refractivity contribution in [1.82, 2.24) is 9.62 Å². The molecule has 1 aliphatic rings. The highest BCUT2D eigenvalue weighted by atomic mass is 32.2. The maximum absolute atomic E-state index is 13.2. The number of nitro groups is 1. The second-order valence-corrected chi connectivity index (χ2v) is 9.90. The minimum absolute atomic E-state index is 0.0346. The van der Waals surface area contributed by atoms with Gasteiger partial charge in [-0.2, -0.15) is 0 Å². The highest BCUT2D eigenvalue weighted by Gasteiger charge is 2.35. The fraction of sp³-hybridized carbons (Fsp3) is 0.273. The molecule has 0 bridgehead atoms. The number of amides is 2. The number of nitrogens with zero attached hydrogens (tertiary/aromatic N) is 2. The number of nitrogens with one attached hydrogen (secondary N) is 1. The van der Waals surface area contributed by atoms with Crippen molar-refractivity contribution in [3.63, 3.8) is 0 Å². The summed E-state index contributed by atoms with van der Waals surface area (Å²) < 4.78 is 27.4. The number of likely N-dealkylation sites (tertiary alicyclic amines) is 1. The fourth-order valence-corrected chi connectivity index (χ4v) is 4.98. The van der Waals surface area contributed by atoms with Crippen LogP contribution in [-0.2, 0) is 19.6 Å². The number of benzene rings is 2. The Kier molecular flexibility index (Phi) is 7.23. The summed E-state index contributed by atoms with van der Waals surface area (Å²) in [6, 6.07) is 9.19. The number of thiol groups is 1. The van der Waals surface area contributed by atoms with E-state index in [1.165, 1.54) is 35.2 Å². The normalized spacial score (nSPS) is 16.2. The van der Waals surface area contributed by atoms with E-state index in [1.54, 1.807) is 19.1 Å². The second-order valence-electron chi connectivity index (χ2n) is 7.74. The van der Waals surface area contributed by atoms with E-state index in [0.717, 1.165) is 5.56 Å². The minimum Gasteiger partial charge on any atom is -0.327 e. The molecule has 1 atom stereocenters. The van der Waals surface area contributed by atoms with Crippen molar-refractivity contribution in [2.45, 2.75) is 42.0 Å². The first-order valence-corrected chi connectivity index (χ1v) is 12.1. The smallest absolute Gasteiger partial charge is 0.283 e. The molecule has 1 heterocycles. The van der Waals surface area contributed by atoms with Crippen LogP contribution in [0.4, 0.5) is 5.69 Å². The molecule has 1 saturated heterocycles. The Morgan fingerprint density at radius 2 is 1.94 bits per heavy atom. The van der Waals surface area contributed by atoms with Crippen molar-refractivity contribution in [3.8, 4) is 0 Å². The van der Waals surface area contributed by atoms with Crippen molar-refractivity contribution in [1.29, 1.82) is 0 Å². The molecule has 9 nitrogen and oxygen atoms in total. The molecule has 2 amide bonds. The highest BCUT2D eigenvalue weighted by Crippen LogP contribution is 2.29. The zero-order chi connectivity index (χ0) is 24.3. The van der Waals surface area contributed by atoms with Gasteiger partial charge in [-0.3, -0.25) is 19.7 Å². The van der Waals surface area contributed by atoms with Crippen molar-refractivity contribution < 1.29 is 22.9 Å². The number of carbonyl (C=O) groups excluding carboxylic acids is 2. The van der Waals surface area contributed by atoms with Crippen LogP contribution in [0.2, 0.25) is 0 Å². The third-order valence-electron chi connectivity index (χ3n) is 5.38. The van der Waals surface area contributed by atoms with Crippen LogP contribution >= 0.6 is 12.6 Å². The monoisotopic (exact) mass is 489 g/mol. The first kappa shape index (κ1) is 24.5. The molecule has 0 radical (unpaired) electrons. The molecule has 1 unspecified atom stereocenters. The van der Waals surface area contributed by atoms with E-state index in [2.05, 4.69) is 23.9 Å². The van der Waals surface area contributed by atoms with Gasteiger partial charge in [-0.05, 0) is 55.5 Å². The topological polar surface area (TPSA) is 127 Å². The quantitative estimate of drug-likeness (QED) is 0.278. The van der Waals surface area contributed by atoms with Gasteiger partial charge in [0.05, 0.1) is 14.7 Å². The van der Waals surface area contributed by atoms with Crippen LogP contribution < -0.4 is 4.72 Å². The van der Waals surface area contributed by atoms with Crippen molar-refractivity contribution in [2.24, 2.45) is 0 Å². The van der Waals surface area contributed by atoms with Crippen molar-refractivity contribution >= 4 is 45.7 Å². The summed E-state index contributed by atoms with van der Waals surface area (Å²) >= 11 is 4.05. The van der Waals surface area contributed by atoms with E-state index in [-0.39, 0.29) is 39.6 Å². The van der Waals surface area contributed by atoms with Gasteiger partial charge in [0.15, 0.2) is 0 Å². The fourth-order valence-electron chi connectivity index (χ4n) is 3.64. The molecule has 2 aromatic rings. The van der Waals surface area contributed by atoms with Gasteiger partial charge in [-0.25, -0.2) is 13.1 Å². The Balaban J connectivity index is 1.83. The Labute approximate surface area is 197 Å². The predicted octanol–water partition coefficient (Wildman–Crippen LogP) is 3.09. The molecule has 33 heavy (non-hydrogen) atoms. The lowest BCUT2D eigenvalue weighted by Crippen LogP contribution is -2.53. The number of piperidine rings is 1. The van der Waals surface area contributed by atoms with Gasteiger partial charge in [0.25, 0.3) is 27.5 Å². The van der Waals surface area contributed by atoms with Crippen LogP contribution in [0.1, 0.15) is 30.4 Å². The Morgan fingerprint density at radius 1 is 1.21 bits per heavy atom. The number of nitro benzene ring substituents is 1. The van der Waals surface area contributed by atoms with Gasteiger partial charge >= 0.3 is 0 Å². The van der Waals surface area contributed by atoms with Gasteiger partial charge in [0.2, 0.25) is 0 Å². The summed E-state index contributed by atoms with van der Waals surface area (Å²) in [6.45, 7) is 5.73. The van der Waals surface area contributed by atoms with Gasteiger partial charge in [-0.1, -0.05) is 24.8 Å². The Morgan fingerprint density at radius 3 is 2.61 bits per heavy atom. The van der Waals surface area contributed by atoms with Crippen LogP contribution in [0.5, 0.6) is 0 Å². The van der Waals surface area contributed by atoms with E-state index in [4.69, 9.17) is 0 Å². The zero-order valence-electron chi connectivity index (χ0n) is 17.9. The first-order valence-electron chi connectivity index (χ1n) is 10.1. The molecule has 0 spiro atoms. The van der Waals surface area contributed by atoms with Crippen LogP contribution in [0, 0.1) is 17.0 Å². The zero-order valence-corrected chi connectivity index (χ0v) is 19.6. The number of sulfonamides is 1. The molecule has 0 aromatic heterocycles. The average molecular weight is 490 g/mol. The van der Waals surface area contributed by atoms with Crippen LogP contribution in [-0.4, -0.2) is 42.6 Å². The molecule has 1 aliphatic heterocycles. The summed E-state index contributed by atoms with van der Waals surface area (Å²) in [5.74, 6) is -1.40. The molecule has 3 rings (SSSR count). The predicted molar refractivity (Wildman–Crippen MR) is 125 cm³/mol. The molecule has 0 aliphatic carbocycles. The molecular formula is C22H23N3O6S2. The average Bonchev–Trinajstić information content (AvgIpc) is 2.78. The summed E-state index contributed by atoms with van der Waals surface area (Å²) in [6.07, 6.45) is 1.55. The summed E-state index contributed by atoms with van der Waals surface area (Å²) in [5, 5.41) is 11.2. The SMILES string of the molecule is C=C(C(=O)N1CCCCC1C(=O)NS(=O)(=O)c1cccc(C)c1)c1ccc(S)c([N+](=O)[O-])c1. The van der Waals surface area contributed by atoms with Crippen molar-refractivity contribution in [3.05, 3.63) is 70.3 Å². The van der Waals surface area contributed by atoms with Gasteiger partial charge in [0.1, 0.15) is 6.04 Å². The lowest BCUT2D eigenvalue weighted by molar-refractivity contribution is -0.387. The number of carbonyl (C=O) groups is 2. The van der Waals surface area contributed by atoms with Gasteiger partial charge < -0.3 is 4.90 Å². The molecule has 11 heteroatoms. The van der Waals surface area contributed by atoms with E-state index < -0.39 is 32.8 Å². The highest BCUT2D eigenvalue weighted by molar-refractivity contribution is 7.90. The van der Waals surface area contributed by atoms with E-state index in [0.29, 0.717) is 12.8 Å². The molecule has 1 fully saturated rings. The van der Waals surface area contributed by atoms with Gasteiger partial charge in [-0.15, -0.1) is 12.6 Å². The standard InChI is InChI=1S/C22H23N3O6S2/c1-14-6-5-7-17(12-14)33(30,31)23-21(26)18-8-3-4-11-24(18)22(27)15(2)16-9-10-20(32)19(13-16)25(28)29/h5-7,9-10,12-13,18,32H,2-4,8,11H2,1H3,(H,23,26). The lowest BCUT2D eigenvalue weighted by Gasteiger charge is -2.35. The third-order valence-corrected chi connectivity index (χ3v) is 7.10. The Hall–Kier alpha value is -3.18. The van der Waals surface area contributed by atoms with E-state index in [9.17, 15) is 28.1 Å². The number of hydrogen-bond donors (Lipinski definition) is 2. The van der Waals surface area contributed by atoms with Crippen molar-refractivity contribution in [2.75, 3.05) is 6.54 Å².